The zero-order valence-electron chi connectivity index (χ0n) is 10.5. The topological polar surface area (TPSA) is 69.4 Å². The van der Waals surface area contributed by atoms with E-state index < -0.39 is 10.7 Å². The second-order valence-electron chi connectivity index (χ2n) is 3.99. The lowest BCUT2D eigenvalue weighted by atomic mass is 10.3. The largest absolute Gasteiger partial charge is 0.478 e. The van der Waals surface area contributed by atoms with Gasteiger partial charge < -0.3 is 4.74 Å². The number of hydrogen-bond acceptors (Lipinski definition) is 5. The Labute approximate surface area is 117 Å². The minimum atomic E-state index is -0.686. The first-order valence-electron chi connectivity index (χ1n) is 5.64. The number of aryl methyl sites for hydroxylation is 1. The lowest BCUT2D eigenvalue weighted by Crippen LogP contribution is -2.11. The van der Waals surface area contributed by atoms with E-state index in [1.54, 1.807) is 12.1 Å². The molecule has 1 aromatic heterocycles. The van der Waals surface area contributed by atoms with E-state index >= 15 is 0 Å². The molecule has 0 fully saturated rings. The maximum Gasteiger partial charge on any atom is 0.311 e. The van der Waals surface area contributed by atoms with Crippen LogP contribution in [0.4, 0.5) is 10.1 Å². The fraction of sp³-hybridized carbons (Fsp3) is 0.154. The fourth-order valence-electron chi connectivity index (χ4n) is 1.55. The van der Waals surface area contributed by atoms with E-state index in [4.69, 9.17) is 4.74 Å². The van der Waals surface area contributed by atoms with Crippen molar-refractivity contribution in [1.82, 2.24) is 0 Å². The molecule has 0 N–H and O–H groups in total. The molecular formula is C13H10FNO4S. The molecule has 104 valence electrons. The highest BCUT2D eigenvalue weighted by Crippen LogP contribution is 2.27. The molecule has 0 aliphatic rings. The molecule has 5 nitrogen and oxygen atoms in total. The van der Waals surface area contributed by atoms with E-state index in [0.29, 0.717) is 4.88 Å². The lowest BCUT2D eigenvalue weighted by Gasteiger charge is -2.05. The van der Waals surface area contributed by atoms with Crippen LogP contribution in [-0.4, -0.2) is 17.3 Å². The molecule has 0 saturated carbocycles. The van der Waals surface area contributed by atoms with Crippen LogP contribution in [0.5, 0.6) is 5.75 Å². The van der Waals surface area contributed by atoms with Gasteiger partial charge in [0, 0.05) is 17.0 Å². The van der Waals surface area contributed by atoms with Crippen LogP contribution >= 0.6 is 11.3 Å². The van der Waals surface area contributed by atoms with E-state index in [-0.39, 0.29) is 23.8 Å². The molecule has 0 spiro atoms. The highest BCUT2D eigenvalue weighted by molar-refractivity contribution is 7.14. The van der Waals surface area contributed by atoms with Crippen LogP contribution in [0, 0.1) is 22.9 Å². The summed E-state index contributed by atoms with van der Waals surface area (Å²) >= 11 is 1.31. The number of ether oxygens (including phenoxy) is 1. The number of nitrogens with zero attached hydrogens (tertiary/aromatic N) is 1. The van der Waals surface area contributed by atoms with Crippen LogP contribution in [0.1, 0.15) is 14.5 Å². The maximum atomic E-state index is 13.1. The Balaban J connectivity index is 2.12. The second-order valence-corrected chi connectivity index (χ2v) is 5.28. The Hall–Kier alpha value is -2.28. The van der Waals surface area contributed by atoms with Gasteiger partial charge in [-0.05, 0) is 25.1 Å². The van der Waals surface area contributed by atoms with E-state index in [1.807, 2.05) is 6.92 Å². The van der Waals surface area contributed by atoms with Crippen molar-refractivity contribution in [1.29, 1.82) is 0 Å². The fourth-order valence-corrected chi connectivity index (χ4v) is 2.35. The third-order valence-corrected chi connectivity index (χ3v) is 3.53. The SMILES string of the molecule is Cc1ccc(C(=O)COc2cc(F)ccc2[N+](=O)[O-])s1. The van der Waals surface area contributed by atoms with Gasteiger partial charge in [-0.25, -0.2) is 4.39 Å². The summed E-state index contributed by atoms with van der Waals surface area (Å²) in [6, 6.07) is 6.32. The number of Topliss-reactive ketones (excluding diaryl/α,β-unsaturated/α-hetero) is 1. The monoisotopic (exact) mass is 295 g/mol. The molecule has 0 aliphatic heterocycles. The van der Waals surface area contributed by atoms with Crippen LogP contribution in [0.25, 0.3) is 0 Å². The average molecular weight is 295 g/mol. The van der Waals surface area contributed by atoms with Gasteiger partial charge in [0.05, 0.1) is 9.80 Å². The van der Waals surface area contributed by atoms with Crippen molar-refractivity contribution >= 4 is 22.8 Å². The Morgan fingerprint density at radius 3 is 2.75 bits per heavy atom. The number of nitro benzene ring substituents is 1. The summed E-state index contributed by atoms with van der Waals surface area (Å²) in [5, 5.41) is 10.8. The normalized spacial score (nSPS) is 10.3. The van der Waals surface area contributed by atoms with Gasteiger partial charge in [-0.15, -0.1) is 11.3 Å². The lowest BCUT2D eigenvalue weighted by molar-refractivity contribution is -0.385. The van der Waals surface area contributed by atoms with Crippen LogP contribution in [0.2, 0.25) is 0 Å². The number of rotatable bonds is 5. The van der Waals surface area contributed by atoms with Gasteiger partial charge in [-0.1, -0.05) is 0 Å². The van der Waals surface area contributed by atoms with E-state index in [2.05, 4.69) is 0 Å². The number of nitro groups is 1. The van der Waals surface area contributed by atoms with Crippen molar-refractivity contribution in [3.05, 3.63) is 56.0 Å². The predicted molar refractivity (Wildman–Crippen MR) is 71.9 cm³/mol. The Morgan fingerprint density at radius 1 is 1.40 bits per heavy atom. The maximum absolute atomic E-state index is 13.1. The average Bonchev–Trinajstić information content (AvgIpc) is 2.82. The van der Waals surface area contributed by atoms with Crippen LogP contribution in [0.3, 0.4) is 0 Å². The number of carbonyl (C=O) groups is 1. The van der Waals surface area contributed by atoms with Crippen LogP contribution < -0.4 is 4.74 Å². The minimum Gasteiger partial charge on any atom is -0.478 e. The third-order valence-electron chi connectivity index (χ3n) is 2.49. The van der Waals surface area contributed by atoms with Gasteiger partial charge >= 0.3 is 5.69 Å². The quantitative estimate of drug-likeness (QED) is 0.482. The van der Waals surface area contributed by atoms with Crippen molar-refractivity contribution in [3.8, 4) is 5.75 Å². The zero-order valence-corrected chi connectivity index (χ0v) is 11.3. The first-order valence-corrected chi connectivity index (χ1v) is 6.45. The van der Waals surface area contributed by atoms with Crippen molar-refractivity contribution in [3.63, 3.8) is 0 Å². The number of benzene rings is 1. The van der Waals surface area contributed by atoms with Gasteiger partial charge in [0.15, 0.2) is 12.4 Å². The molecule has 0 unspecified atom stereocenters. The van der Waals surface area contributed by atoms with E-state index in [0.717, 1.165) is 23.1 Å². The predicted octanol–water partition coefficient (Wildman–Crippen LogP) is 3.37. The number of ketones is 1. The smallest absolute Gasteiger partial charge is 0.311 e. The van der Waals surface area contributed by atoms with Crippen molar-refractivity contribution in [2.75, 3.05) is 6.61 Å². The van der Waals surface area contributed by atoms with Crippen molar-refractivity contribution < 1.29 is 18.8 Å². The summed E-state index contributed by atoms with van der Waals surface area (Å²) in [4.78, 5) is 23.4. The molecule has 2 rings (SSSR count). The number of thiophene rings is 1. The molecule has 20 heavy (non-hydrogen) atoms. The molecule has 0 bridgehead atoms. The van der Waals surface area contributed by atoms with E-state index in [9.17, 15) is 19.3 Å². The third kappa shape index (κ3) is 3.18. The summed E-state index contributed by atoms with van der Waals surface area (Å²) in [6.07, 6.45) is 0. The second kappa shape index (κ2) is 5.79. The highest BCUT2D eigenvalue weighted by atomic mass is 32.1. The Morgan fingerprint density at radius 2 is 2.15 bits per heavy atom. The molecule has 2 aromatic rings. The highest BCUT2D eigenvalue weighted by Gasteiger charge is 2.18. The van der Waals surface area contributed by atoms with Crippen molar-refractivity contribution in [2.45, 2.75) is 6.92 Å². The molecule has 0 radical (unpaired) electrons. The first-order chi connectivity index (χ1) is 9.47. The molecule has 0 aliphatic carbocycles. The summed E-state index contributed by atoms with van der Waals surface area (Å²) in [7, 11) is 0. The molecule has 0 atom stereocenters. The summed E-state index contributed by atoms with van der Waals surface area (Å²) in [5.41, 5.74) is -0.374. The minimum absolute atomic E-state index is 0.253. The summed E-state index contributed by atoms with van der Waals surface area (Å²) < 4.78 is 18.2. The van der Waals surface area contributed by atoms with Crippen molar-refractivity contribution in [2.24, 2.45) is 0 Å². The number of carbonyl (C=O) groups excluding carboxylic acids is 1. The van der Waals surface area contributed by atoms with Gasteiger partial charge in [0.1, 0.15) is 5.82 Å². The number of hydrogen-bond donors (Lipinski definition) is 0. The first kappa shape index (κ1) is 14.1. The van der Waals surface area contributed by atoms with Gasteiger partial charge in [0.2, 0.25) is 5.78 Å². The van der Waals surface area contributed by atoms with Crippen LogP contribution in [-0.2, 0) is 0 Å². The molecule has 1 heterocycles. The van der Waals surface area contributed by atoms with Gasteiger partial charge in [0.25, 0.3) is 0 Å². The number of halogens is 1. The molecular weight excluding hydrogens is 285 g/mol. The molecule has 1 aromatic carbocycles. The van der Waals surface area contributed by atoms with Gasteiger partial charge in [-0.2, -0.15) is 0 Å². The zero-order chi connectivity index (χ0) is 14.7. The molecule has 0 saturated heterocycles. The van der Waals surface area contributed by atoms with Gasteiger partial charge in [-0.3, -0.25) is 14.9 Å². The Kier molecular flexibility index (Phi) is 4.09. The Bertz CT molecular complexity index is 668. The summed E-state index contributed by atoms with van der Waals surface area (Å²) in [6.45, 7) is 1.49. The van der Waals surface area contributed by atoms with Crippen LogP contribution in [0.15, 0.2) is 30.3 Å². The molecule has 7 heteroatoms. The summed E-state index contributed by atoms with van der Waals surface area (Å²) in [5.74, 6) is -1.22. The standard InChI is InChI=1S/C13H10FNO4S/c1-8-2-5-13(20-8)11(16)7-19-12-6-9(14)3-4-10(12)15(17)18/h2-6H,7H2,1H3. The molecule has 0 amide bonds. The van der Waals surface area contributed by atoms with E-state index in [1.165, 1.54) is 11.3 Å².